The van der Waals surface area contributed by atoms with Crippen LogP contribution in [-0.2, 0) is 11.3 Å². The molecule has 2 rings (SSSR count). The largest absolute Gasteiger partial charge is 0.358 e. The molecule has 1 amide bonds. The molecular weight excluding hydrogens is 268 g/mol. The number of aromatic nitrogens is 3. The fourth-order valence-electron chi connectivity index (χ4n) is 1.47. The lowest BCUT2D eigenvalue weighted by Crippen LogP contribution is -2.20. The standard InChI is InChI=1S/C11H14N4OS2/c1-3-15-10(8-5-4-6-17-8)13-14-11(15)18-7-9(16)12-2/h4-6H,3,7H2,1-2H3,(H,12,16). The van der Waals surface area contributed by atoms with Gasteiger partial charge in [-0.1, -0.05) is 17.8 Å². The van der Waals surface area contributed by atoms with E-state index in [1.54, 1.807) is 18.4 Å². The van der Waals surface area contributed by atoms with Gasteiger partial charge < -0.3 is 9.88 Å². The van der Waals surface area contributed by atoms with Gasteiger partial charge in [0.1, 0.15) is 0 Å². The Labute approximate surface area is 114 Å². The van der Waals surface area contributed by atoms with Crippen LogP contribution in [0.15, 0.2) is 22.7 Å². The van der Waals surface area contributed by atoms with Gasteiger partial charge in [0.15, 0.2) is 11.0 Å². The van der Waals surface area contributed by atoms with Crippen LogP contribution >= 0.6 is 23.1 Å². The third kappa shape index (κ3) is 2.73. The van der Waals surface area contributed by atoms with Gasteiger partial charge in [0.2, 0.25) is 5.91 Å². The first-order valence-electron chi connectivity index (χ1n) is 5.56. The molecule has 2 heterocycles. The first-order valence-corrected chi connectivity index (χ1v) is 7.43. The van der Waals surface area contributed by atoms with Crippen molar-refractivity contribution in [2.45, 2.75) is 18.6 Å². The third-order valence-corrected chi connectivity index (χ3v) is 4.22. The van der Waals surface area contributed by atoms with Gasteiger partial charge >= 0.3 is 0 Å². The van der Waals surface area contributed by atoms with Crippen molar-refractivity contribution in [3.8, 4) is 10.7 Å². The second-order valence-electron chi connectivity index (χ2n) is 3.49. The molecule has 0 bridgehead atoms. The zero-order chi connectivity index (χ0) is 13.0. The van der Waals surface area contributed by atoms with Crippen LogP contribution in [0.3, 0.4) is 0 Å². The minimum atomic E-state index is -0.0108. The minimum Gasteiger partial charge on any atom is -0.358 e. The van der Waals surface area contributed by atoms with Crippen LogP contribution in [0.2, 0.25) is 0 Å². The smallest absolute Gasteiger partial charge is 0.230 e. The van der Waals surface area contributed by atoms with Gasteiger partial charge in [-0.25, -0.2) is 0 Å². The van der Waals surface area contributed by atoms with E-state index < -0.39 is 0 Å². The monoisotopic (exact) mass is 282 g/mol. The summed E-state index contributed by atoms with van der Waals surface area (Å²) in [6, 6.07) is 4.01. The molecule has 0 spiro atoms. The Morgan fingerprint density at radius 1 is 1.56 bits per heavy atom. The first-order chi connectivity index (χ1) is 8.76. The topological polar surface area (TPSA) is 59.8 Å². The molecule has 0 saturated heterocycles. The molecule has 0 aromatic carbocycles. The van der Waals surface area contributed by atoms with Crippen LogP contribution in [0.1, 0.15) is 6.92 Å². The Bertz CT molecular complexity index is 521. The van der Waals surface area contributed by atoms with Crippen LogP contribution in [0.25, 0.3) is 10.7 Å². The lowest BCUT2D eigenvalue weighted by Gasteiger charge is -2.05. The van der Waals surface area contributed by atoms with Crippen LogP contribution < -0.4 is 5.32 Å². The molecule has 0 fully saturated rings. The number of carbonyl (C=O) groups is 1. The minimum absolute atomic E-state index is 0.0108. The lowest BCUT2D eigenvalue weighted by atomic mass is 10.4. The number of nitrogens with one attached hydrogen (secondary N) is 1. The highest BCUT2D eigenvalue weighted by Gasteiger charge is 2.14. The predicted octanol–water partition coefficient (Wildman–Crippen LogP) is 1.86. The van der Waals surface area contributed by atoms with Gasteiger partial charge in [0, 0.05) is 13.6 Å². The average Bonchev–Trinajstić information content (AvgIpc) is 3.03. The third-order valence-electron chi connectivity index (χ3n) is 2.39. The van der Waals surface area contributed by atoms with Crippen molar-refractivity contribution >= 4 is 29.0 Å². The molecule has 0 unspecified atom stereocenters. The summed E-state index contributed by atoms with van der Waals surface area (Å²) in [6.45, 7) is 2.83. The van der Waals surface area contributed by atoms with Crippen LogP contribution in [0.4, 0.5) is 0 Å². The molecule has 0 aliphatic carbocycles. The second kappa shape index (κ2) is 6.01. The maximum Gasteiger partial charge on any atom is 0.230 e. The van der Waals surface area contributed by atoms with Crippen molar-refractivity contribution < 1.29 is 4.79 Å². The van der Waals surface area contributed by atoms with Crippen LogP contribution in [0, 0.1) is 0 Å². The maximum atomic E-state index is 11.2. The van der Waals surface area contributed by atoms with E-state index in [4.69, 9.17) is 0 Å². The number of nitrogens with zero attached hydrogens (tertiary/aromatic N) is 3. The summed E-state index contributed by atoms with van der Waals surface area (Å²) >= 11 is 3.04. The van der Waals surface area contributed by atoms with E-state index in [2.05, 4.69) is 15.5 Å². The van der Waals surface area contributed by atoms with Gasteiger partial charge in [-0.3, -0.25) is 4.79 Å². The Hall–Kier alpha value is -1.34. The van der Waals surface area contributed by atoms with Crippen molar-refractivity contribution in [2.75, 3.05) is 12.8 Å². The molecule has 18 heavy (non-hydrogen) atoms. The predicted molar refractivity (Wildman–Crippen MR) is 73.8 cm³/mol. The lowest BCUT2D eigenvalue weighted by molar-refractivity contribution is -0.118. The summed E-state index contributed by atoms with van der Waals surface area (Å²) in [4.78, 5) is 12.3. The molecule has 0 atom stereocenters. The molecular formula is C11H14N4OS2. The molecule has 2 aromatic rings. The number of carbonyl (C=O) groups excluding carboxylic acids is 1. The van der Waals surface area contributed by atoms with Crippen LogP contribution in [-0.4, -0.2) is 33.5 Å². The van der Waals surface area contributed by atoms with Crippen molar-refractivity contribution in [3.63, 3.8) is 0 Å². The summed E-state index contributed by atoms with van der Waals surface area (Å²) in [6.07, 6.45) is 0. The Morgan fingerprint density at radius 2 is 2.39 bits per heavy atom. The number of hydrogen-bond donors (Lipinski definition) is 1. The van der Waals surface area contributed by atoms with E-state index in [9.17, 15) is 4.79 Å². The fourth-order valence-corrected chi connectivity index (χ4v) is 3.06. The van der Waals surface area contributed by atoms with Gasteiger partial charge in [0.25, 0.3) is 0 Å². The van der Waals surface area contributed by atoms with Gasteiger partial charge in [0.05, 0.1) is 10.6 Å². The normalized spacial score (nSPS) is 10.6. The molecule has 0 aliphatic heterocycles. The number of amides is 1. The maximum absolute atomic E-state index is 11.2. The van der Waals surface area contributed by atoms with Crippen molar-refractivity contribution in [1.29, 1.82) is 0 Å². The molecule has 1 N–H and O–H groups in total. The molecule has 96 valence electrons. The molecule has 0 radical (unpaired) electrons. The number of thioether (sulfide) groups is 1. The Balaban J connectivity index is 2.20. The highest BCUT2D eigenvalue weighted by atomic mass is 32.2. The zero-order valence-electron chi connectivity index (χ0n) is 10.2. The van der Waals surface area contributed by atoms with E-state index in [1.165, 1.54) is 11.8 Å². The van der Waals surface area contributed by atoms with E-state index in [1.807, 2.05) is 29.0 Å². The zero-order valence-corrected chi connectivity index (χ0v) is 11.8. The summed E-state index contributed by atoms with van der Waals surface area (Å²) in [7, 11) is 1.63. The summed E-state index contributed by atoms with van der Waals surface area (Å²) in [5, 5.41) is 13.7. The fraction of sp³-hybridized carbons (Fsp3) is 0.364. The van der Waals surface area contributed by atoms with Crippen molar-refractivity contribution in [1.82, 2.24) is 20.1 Å². The number of hydrogen-bond acceptors (Lipinski definition) is 5. The number of rotatable bonds is 5. The van der Waals surface area contributed by atoms with Crippen molar-refractivity contribution in [2.24, 2.45) is 0 Å². The molecule has 2 aromatic heterocycles. The summed E-state index contributed by atoms with van der Waals surface area (Å²) < 4.78 is 2.03. The van der Waals surface area contributed by atoms with Gasteiger partial charge in [-0.2, -0.15) is 0 Å². The van der Waals surface area contributed by atoms with Crippen LogP contribution in [0.5, 0.6) is 0 Å². The molecule has 0 aliphatic rings. The Kier molecular flexibility index (Phi) is 4.38. The highest BCUT2D eigenvalue weighted by molar-refractivity contribution is 7.99. The summed E-state index contributed by atoms with van der Waals surface area (Å²) in [5.41, 5.74) is 0. The quantitative estimate of drug-likeness (QED) is 0.850. The highest BCUT2D eigenvalue weighted by Crippen LogP contribution is 2.26. The Morgan fingerprint density at radius 3 is 3.00 bits per heavy atom. The molecule has 0 saturated carbocycles. The van der Waals surface area contributed by atoms with E-state index in [-0.39, 0.29) is 5.91 Å². The summed E-state index contributed by atoms with van der Waals surface area (Å²) in [5.74, 6) is 1.22. The van der Waals surface area contributed by atoms with Gasteiger partial charge in [-0.15, -0.1) is 21.5 Å². The SMILES string of the molecule is CCn1c(SCC(=O)NC)nnc1-c1cccs1. The van der Waals surface area contributed by atoms with E-state index >= 15 is 0 Å². The molecule has 7 heteroatoms. The number of thiophene rings is 1. The first kappa shape index (κ1) is 13.1. The average molecular weight is 282 g/mol. The molecule has 5 nitrogen and oxygen atoms in total. The second-order valence-corrected chi connectivity index (χ2v) is 5.38. The van der Waals surface area contributed by atoms with Gasteiger partial charge in [-0.05, 0) is 18.4 Å². The van der Waals surface area contributed by atoms with E-state index in [0.717, 1.165) is 22.4 Å². The van der Waals surface area contributed by atoms with E-state index in [0.29, 0.717) is 5.75 Å². The van der Waals surface area contributed by atoms with Crippen molar-refractivity contribution in [3.05, 3.63) is 17.5 Å².